The summed E-state index contributed by atoms with van der Waals surface area (Å²) in [6, 6.07) is 12.3. The molecule has 0 radical (unpaired) electrons. The van der Waals surface area contributed by atoms with Gasteiger partial charge in [0.15, 0.2) is 6.04 Å². The zero-order valence-electron chi connectivity index (χ0n) is 14.6. The van der Waals surface area contributed by atoms with Gasteiger partial charge in [-0.25, -0.2) is 0 Å². The molecule has 1 amide bonds. The number of benzene rings is 1. The summed E-state index contributed by atoms with van der Waals surface area (Å²) in [5, 5.41) is 16.0. The van der Waals surface area contributed by atoms with E-state index >= 15 is 0 Å². The van der Waals surface area contributed by atoms with Crippen LogP contribution >= 0.6 is 11.6 Å². The summed E-state index contributed by atoms with van der Waals surface area (Å²) in [6.45, 7) is 4.17. The third-order valence-corrected chi connectivity index (χ3v) is 4.14. The van der Waals surface area contributed by atoms with Crippen molar-refractivity contribution in [3.8, 4) is 11.4 Å². The first-order chi connectivity index (χ1) is 12.6. The molecule has 0 aliphatic carbocycles. The van der Waals surface area contributed by atoms with Crippen LogP contribution in [0.3, 0.4) is 0 Å². The van der Waals surface area contributed by atoms with Crippen LogP contribution in [0.1, 0.15) is 30.8 Å². The molecule has 3 aromatic rings. The summed E-state index contributed by atoms with van der Waals surface area (Å²) in [4.78, 5) is 18.3. The minimum absolute atomic E-state index is 0.170. The molecule has 0 spiro atoms. The van der Waals surface area contributed by atoms with Crippen LogP contribution in [0.4, 0.5) is 0 Å². The van der Waals surface area contributed by atoms with Crippen molar-refractivity contribution in [3.63, 3.8) is 0 Å². The maximum atomic E-state index is 12.5. The van der Waals surface area contributed by atoms with Crippen molar-refractivity contribution in [3.05, 3.63) is 58.9 Å². The predicted molar refractivity (Wildman–Crippen MR) is 98.4 cm³/mol. The Labute approximate surface area is 156 Å². The predicted octanol–water partition coefficient (Wildman–Crippen LogP) is 2.96. The molecule has 8 heteroatoms. The second kappa shape index (κ2) is 8.05. The molecule has 0 aliphatic heterocycles. The number of hydrogen-bond donors (Lipinski definition) is 1. The number of pyridine rings is 1. The van der Waals surface area contributed by atoms with E-state index in [9.17, 15) is 4.79 Å². The fourth-order valence-corrected chi connectivity index (χ4v) is 2.64. The highest BCUT2D eigenvalue weighted by Gasteiger charge is 2.21. The van der Waals surface area contributed by atoms with Crippen LogP contribution in [0.5, 0.6) is 0 Å². The average Bonchev–Trinajstić information content (AvgIpc) is 3.11. The molecule has 26 heavy (non-hydrogen) atoms. The topological polar surface area (TPSA) is 85.6 Å². The summed E-state index contributed by atoms with van der Waals surface area (Å²) in [5.74, 6) is 0.282. The summed E-state index contributed by atoms with van der Waals surface area (Å²) in [7, 11) is 0. The van der Waals surface area contributed by atoms with Crippen molar-refractivity contribution in [2.24, 2.45) is 0 Å². The van der Waals surface area contributed by atoms with Gasteiger partial charge in [-0.2, -0.15) is 4.80 Å². The van der Waals surface area contributed by atoms with Gasteiger partial charge in [0.2, 0.25) is 11.7 Å². The van der Waals surface area contributed by atoms with E-state index in [4.69, 9.17) is 11.6 Å². The second-order valence-electron chi connectivity index (χ2n) is 5.85. The number of aromatic nitrogens is 5. The van der Waals surface area contributed by atoms with Gasteiger partial charge >= 0.3 is 0 Å². The third-order valence-electron chi connectivity index (χ3n) is 3.89. The number of hydrogen-bond acceptors (Lipinski definition) is 5. The maximum absolute atomic E-state index is 12.5. The van der Waals surface area contributed by atoms with E-state index in [1.54, 1.807) is 12.1 Å². The Morgan fingerprint density at radius 1 is 1.23 bits per heavy atom. The molecule has 1 N–H and O–H groups in total. The van der Waals surface area contributed by atoms with Gasteiger partial charge in [-0.3, -0.25) is 9.78 Å². The van der Waals surface area contributed by atoms with Crippen LogP contribution < -0.4 is 5.32 Å². The van der Waals surface area contributed by atoms with E-state index in [-0.39, 0.29) is 5.91 Å². The Balaban J connectivity index is 1.70. The molecule has 0 fully saturated rings. The molecule has 0 bridgehead atoms. The van der Waals surface area contributed by atoms with Gasteiger partial charge in [-0.1, -0.05) is 24.6 Å². The van der Waals surface area contributed by atoms with Gasteiger partial charge < -0.3 is 5.32 Å². The van der Waals surface area contributed by atoms with E-state index < -0.39 is 6.04 Å². The quantitative estimate of drug-likeness (QED) is 0.721. The highest BCUT2D eigenvalue weighted by atomic mass is 35.5. The molecule has 0 saturated heterocycles. The Hall–Kier alpha value is -2.80. The standard InChI is InChI=1S/C18H19ClN6O/c1-3-16(18(26)20-11-15-6-4-5-12(2)21-15)25-23-17(22-24-25)13-7-9-14(19)10-8-13/h4-10,16H,3,11H2,1-2H3,(H,20,26). The summed E-state index contributed by atoms with van der Waals surface area (Å²) in [6.07, 6.45) is 0.545. The van der Waals surface area contributed by atoms with Crippen LogP contribution in [0, 0.1) is 6.92 Å². The number of carbonyl (C=O) groups is 1. The van der Waals surface area contributed by atoms with E-state index in [1.807, 2.05) is 44.2 Å². The van der Waals surface area contributed by atoms with Gasteiger partial charge in [-0.05, 0) is 55.0 Å². The zero-order valence-corrected chi connectivity index (χ0v) is 15.3. The molecule has 2 aromatic heterocycles. The van der Waals surface area contributed by atoms with Crippen LogP contribution in [-0.4, -0.2) is 31.1 Å². The van der Waals surface area contributed by atoms with Crippen molar-refractivity contribution in [1.29, 1.82) is 0 Å². The van der Waals surface area contributed by atoms with Crippen molar-refractivity contribution >= 4 is 17.5 Å². The Kier molecular flexibility index (Phi) is 5.58. The SMILES string of the molecule is CCC(C(=O)NCc1cccc(C)n1)n1nnc(-c2ccc(Cl)cc2)n1. The number of halogens is 1. The van der Waals surface area contributed by atoms with E-state index in [0.29, 0.717) is 23.8 Å². The Bertz CT molecular complexity index is 893. The lowest BCUT2D eigenvalue weighted by molar-refractivity contribution is -0.125. The van der Waals surface area contributed by atoms with Gasteiger partial charge in [-0.15, -0.1) is 10.2 Å². The molecule has 134 valence electrons. The molecule has 0 aliphatic rings. The molecule has 1 atom stereocenters. The Morgan fingerprint density at radius 3 is 2.69 bits per heavy atom. The van der Waals surface area contributed by atoms with Crippen molar-refractivity contribution in [1.82, 2.24) is 30.5 Å². The second-order valence-corrected chi connectivity index (χ2v) is 6.29. The lowest BCUT2D eigenvalue weighted by Gasteiger charge is -2.13. The van der Waals surface area contributed by atoms with E-state index in [1.165, 1.54) is 4.80 Å². The van der Waals surface area contributed by atoms with Crippen LogP contribution in [0.15, 0.2) is 42.5 Å². The van der Waals surface area contributed by atoms with Crippen LogP contribution in [0.25, 0.3) is 11.4 Å². The largest absolute Gasteiger partial charge is 0.349 e. The number of aryl methyl sites for hydroxylation is 1. The molecule has 1 aromatic carbocycles. The lowest BCUT2D eigenvalue weighted by atomic mass is 10.2. The number of nitrogens with zero attached hydrogens (tertiary/aromatic N) is 5. The lowest BCUT2D eigenvalue weighted by Crippen LogP contribution is -2.33. The van der Waals surface area contributed by atoms with E-state index in [0.717, 1.165) is 17.0 Å². The monoisotopic (exact) mass is 370 g/mol. The summed E-state index contributed by atoms with van der Waals surface area (Å²) in [5.41, 5.74) is 2.51. The van der Waals surface area contributed by atoms with Crippen molar-refractivity contribution < 1.29 is 4.79 Å². The van der Waals surface area contributed by atoms with Gasteiger partial charge in [0.25, 0.3) is 0 Å². The molecule has 1 unspecified atom stereocenters. The highest BCUT2D eigenvalue weighted by molar-refractivity contribution is 6.30. The first-order valence-corrected chi connectivity index (χ1v) is 8.70. The summed E-state index contributed by atoms with van der Waals surface area (Å²) >= 11 is 5.89. The minimum atomic E-state index is -0.534. The van der Waals surface area contributed by atoms with Crippen molar-refractivity contribution in [2.75, 3.05) is 0 Å². The smallest absolute Gasteiger partial charge is 0.247 e. The first kappa shape index (κ1) is 18.0. The number of amides is 1. The number of carbonyl (C=O) groups excluding carboxylic acids is 1. The fourth-order valence-electron chi connectivity index (χ4n) is 2.52. The van der Waals surface area contributed by atoms with Crippen LogP contribution in [-0.2, 0) is 11.3 Å². The fraction of sp³-hybridized carbons (Fsp3) is 0.278. The highest BCUT2D eigenvalue weighted by Crippen LogP contribution is 2.18. The van der Waals surface area contributed by atoms with Gasteiger partial charge in [0, 0.05) is 16.3 Å². The number of tetrazole rings is 1. The minimum Gasteiger partial charge on any atom is -0.349 e. The van der Waals surface area contributed by atoms with E-state index in [2.05, 4.69) is 25.7 Å². The molecule has 7 nitrogen and oxygen atoms in total. The first-order valence-electron chi connectivity index (χ1n) is 8.32. The summed E-state index contributed by atoms with van der Waals surface area (Å²) < 4.78 is 0. The zero-order chi connectivity index (χ0) is 18.5. The molecule has 0 saturated carbocycles. The number of rotatable bonds is 6. The van der Waals surface area contributed by atoms with Gasteiger partial charge in [0.1, 0.15) is 0 Å². The third kappa shape index (κ3) is 4.23. The van der Waals surface area contributed by atoms with Crippen molar-refractivity contribution in [2.45, 2.75) is 32.9 Å². The molecule has 2 heterocycles. The normalized spacial score (nSPS) is 12.0. The van der Waals surface area contributed by atoms with Gasteiger partial charge in [0.05, 0.1) is 12.2 Å². The van der Waals surface area contributed by atoms with Crippen LogP contribution in [0.2, 0.25) is 5.02 Å². The number of nitrogens with one attached hydrogen (secondary N) is 1. The molecular formula is C18H19ClN6O. The molecular weight excluding hydrogens is 352 g/mol. The maximum Gasteiger partial charge on any atom is 0.247 e. The molecule has 3 rings (SSSR count). The Morgan fingerprint density at radius 2 is 2.00 bits per heavy atom. The average molecular weight is 371 g/mol.